The van der Waals surface area contributed by atoms with Crippen LogP contribution in [0.5, 0.6) is 0 Å². The molecule has 0 fully saturated rings. The smallest absolute Gasteiger partial charge is 0.341 e. The van der Waals surface area contributed by atoms with E-state index in [0.717, 1.165) is 0 Å². The molecule has 7 heteroatoms. The highest BCUT2D eigenvalue weighted by Crippen LogP contribution is 2.26. The normalized spacial score (nSPS) is 10.4. The number of benzene rings is 1. The molecule has 0 unspecified atom stereocenters. The molecule has 76 valence electrons. The third-order valence-electron chi connectivity index (χ3n) is 1.45. The number of rotatable bonds is 1. The summed E-state index contributed by atoms with van der Waals surface area (Å²) in [5.41, 5.74) is -1.67. The zero-order valence-corrected chi connectivity index (χ0v) is 7.21. The van der Waals surface area contributed by atoms with Gasteiger partial charge in [-0.3, -0.25) is 0 Å². The number of carboxylic acids is 1. The van der Waals surface area contributed by atoms with E-state index in [1.807, 2.05) is 0 Å². The largest absolute Gasteiger partial charge is 0.477 e. The Balaban J connectivity index is 3.68. The van der Waals surface area contributed by atoms with Gasteiger partial charge in [0.2, 0.25) is 0 Å². The monoisotopic (exact) mass is 226 g/mol. The van der Waals surface area contributed by atoms with Gasteiger partial charge in [-0.05, 0) is 0 Å². The lowest BCUT2D eigenvalue weighted by Gasteiger charge is -2.04. The molecular formula is C7H2F4O2S. The number of carboxylic acid groups (broad SMARTS) is 1. The number of aromatic carboxylic acids is 1. The van der Waals surface area contributed by atoms with E-state index in [0.29, 0.717) is 0 Å². The number of hydrogen-bond acceptors (Lipinski definition) is 2. The van der Waals surface area contributed by atoms with Crippen molar-refractivity contribution in [3.8, 4) is 0 Å². The molecule has 1 rings (SSSR count). The van der Waals surface area contributed by atoms with Crippen LogP contribution in [0.4, 0.5) is 17.6 Å². The second kappa shape index (κ2) is 3.49. The van der Waals surface area contributed by atoms with Gasteiger partial charge >= 0.3 is 5.97 Å². The molecule has 0 bridgehead atoms. The quantitative estimate of drug-likeness (QED) is 0.437. The van der Waals surface area contributed by atoms with Crippen LogP contribution in [0.3, 0.4) is 0 Å². The van der Waals surface area contributed by atoms with Crippen molar-refractivity contribution >= 4 is 18.6 Å². The third-order valence-corrected chi connectivity index (χ3v) is 1.85. The van der Waals surface area contributed by atoms with Crippen molar-refractivity contribution in [1.29, 1.82) is 0 Å². The highest BCUT2D eigenvalue weighted by Gasteiger charge is 2.27. The topological polar surface area (TPSA) is 37.3 Å². The minimum absolute atomic E-state index is 1.19. The second-order valence-corrected chi connectivity index (χ2v) is 2.73. The Morgan fingerprint density at radius 2 is 1.36 bits per heavy atom. The minimum atomic E-state index is -2.09. The fourth-order valence-corrected chi connectivity index (χ4v) is 1.00. The van der Waals surface area contributed by atoms with Gasteiger partial charge < -0.3 is 5.11 Å². The average Bonchev–Trinajstić information content (AvgIpc) is 2.11. The molecule has 1 aromatic carbocycles. The average molecular weight is 226 g/mol. The molecule has 1 N–H and O–H groups in total. The summed E-state index contributed by atoms with van der Waals surface area (Å²) in [7, 11) is 0. The van der Waals surface area contributed by atoms with Crippen LogP contribution in [0.15, 0.2) is 4.90 Å². The molecule has 0 spiro atoms. The molecule has 0 radical (unpaired) electrons. The predicted octanol–water partition coefficient (Wildman–Crippen LogP) is 2.23. The molecule has 14 heavy (non-hydrogen) atoms. The van der Waals surface area contributed by atoms with E-state index in [4.69, 9.17) is 5.11 Å². The predicted molar refractivity (Wildman–Crippen MR) is 40.5 cm³/mol. The molecule has 0 aliphatic heterocycles. The van der Waals surface area contributed by atoms with E-state index in [2.05, 4.69) is 12.6 Å². The van der Waals surface area contributed by atoms with E-state index in [1.165, 1.54) is 0 Å². The maximum atomic E-state index is 12.7. The lowest BCUT2D eigenvalue weighted by atomic mass is 10.2. The molecule has 0 saturated carbocycles. The maximum absolute atomic E-state index is 12.7. The zero-order valence-electron chi connectivity index (χ0n) is 6.31. The Labute approximate surface area is 80.6 Å². The van der Waals surface area contributed by atoms with E-state index >= 15 is 0 Å². The Hall–Kier alpha value is -1.24. The molecular weight excluding hydrogens is 224 g/mol. The fraction of sp³-hybridized carbons (Fsp3) is 0. The van der Waals surface area contributed by atoms with Gasteiger partial charge in [-0.25, -0.2) is 22.4 Å². The van der Waals surface area contributed by atoms with Crippen LogP contribution in [0.1, 0.15) is 10.4 Å². The van der Waals surface area contributed by atoms with Crippen molar-refractivity contribution < 1.29 is 27.5 Å². The van der Waals surface area contributed by atoms with Crippen molar-refractivity contribution in [2.24, 2.45) is 0 Å². The van der Waals surface area contributed by atoms with E-state index < -0.39 is 39.7 Å². The molecule has 0 aromatic heterocycles. The summed E-state index contributed by atoms with van der Waals surface area (Å²) in [6.07, 6.45) is 0. The number of hydrogen-bond donors (Lipinski definition) is 2. The number of thiol groups is 1. The van der Waals surface area contributed by atoms with E-state index in [1.54, 1.807) is 0 Å². The molecule has 0 aliphatic rings. The second-order valence-electron chi connectivity index (χ2n) is 2.28. The van der Waals surface area contributed by atoms with Gasteiger partial charge in [0, 0.05) is 0 Å². The van der Waals surface area contributed by atoms with Crippen LogP contribution in [0, 0.1) is 23.3 Å². The molecule has 1 aromatic rings. The van der Waals surface area contributed by atoms with Crippen molar-refractivity contribution in [3.05, 3.63) is 28.8 Å². The van der Waals surface area contributed by atoms with Crippen LogP contribution in [-0.2, 0) is 0 Å². The summed E-state index contributed by atoms with van der Waals surface area (Å²) in [5, 5.41) is 8.25. The zero-order chi connectivity index (χ0) is 11.0. The van der Waals surface area contributed by atoms with E-state index in [9.17, 15) is 22.4 Å². The summed E-state index contributed by atoms with van der Waals surface area (Å²) in [6, 6.07) is 0. The van der Waals surface area contributed by atoms with Crippen molar-refractivity contribution in [2.75, 3.05) is 0 Å². The van der Waals surface area contributed by atoms with Gasteiger partial charge in [-0.1, -0.05) is 0 Å². The van der Waals surface area contributed by atoms with Gasteiger partial charge in [0.15, 0.2) is 23.3 Å². The Kier molecular flexibility index (Phi) is 2.70. The molecule has 2 nitrogen and oxygen atoms in total. The summed E-state index contributed by atoms with van der Waals surface area (Å²) in [6.45, 7) is 0. The summed E-state index contributed by atoms with van der Waals surface area (Å²) < 4.78 is 50.8. The van der Waals surface area contributed by atoms with Crippen LogP contribution in [0.2, 0.25) is 0 Å². The lowest BCUT2D eigenvalue weighted by molar-refractivity contribution is 0.0683. The summed E-state index contributed by atoms with van der Waals surface area (Å²) >= 11 is 3.14. The van der Waals surface area contributed by atoms with Crippen LogP contribution in [0.25, 0.3) is 0 Å². The number of carbonyl (C=O) groups is 1. The third kappa shape index (κ3) is 1.43. The first kappa shape index (κ1) is 10.8. The highest BCUT2D eigenvalue weighted by atomic mass is 32.1. The van der Waals surface area contributed by atoms with Gasteiger partial charge in [0.1, 0.15) is 5.56 Å². The molecule has 0 amide bonds. The van der Waals surface area contributed by atoms with Crippen LogP contribution in [-0.4, -0.2) is 11.1 Å². The van der Waals surface area contributed by atoms with Crippen molar-refractivity contribution in [1.82, 2.24) is 0 Å². The van der Waals surface area contributed by atoms with Crippen molar-refractivity contribution in [2.45, 2.75) is 4.90 Å². The van der Waals surface area contributed by atoms with E-state index in [-0.39, 0.29) is 0 Å². The Morgan fingerprint density at radius 1 is 1.00 bits per heavy atom. The Morgan fingerprint density at radius 3 is 1.64 bits per heavy atom. The SMILES string of the molecule is O=C(O)c1c(F)c(F)c(S)c(F)c1F. The van der Waals surface area contributed by atoms with Crippen LogP contribution >= 0.6 is 12.6 Å². The first-order valence-electron chi connectivity index (χ1n) is 3.16. The van der Waals surface area contributed by atoms with Crippen LogP contribution < -0.4 is 0 Å². The maximum Gasteiger partial charge on any atom is 0.341 e. The van der Waals surface area contributed by atoms with Gasteiger partial charge in [-0.15, -0.1) is 12.6 Å². The first-order valence-corrected chi connectivity index (χ1v) is 3.60. The standard InChI is InChI=1S/C7H2F4O2S/c8-2-1(7(12)13)3(9)5(11)6(14)4(2)10/h14H,(H,12,13). The fourth-order valence-electron chi connectivity index (χ4n) is 0.808. The molecule has 0 atom stereocenters. The first-order chi connectivity index (χ1) is 6.37. The number of halogens is 4. The van der Waals surface area contributed by atoms with Gasteiger partial charge in [0.25, 0.3) is 0 Å². The Bertz CT molecular complexity index is 390. The molecule has 0 saturated heterocycles. The molecule has 0 heterocycles. The van der Waals surface area contributed by atoms with Crippen molar-refractivity contribution in [3.63, 3.8) is 0 Å². The summed E-state index contributed by atoms with van der Waals surface area (Å²) in [4.78, 5) is 9.03. The molecule has 0 aliphatic carbocycles. The van der Waals surface area contributed by atoms with Gasteiger partial charge in [-0.2, -0.15) is 0 Å². The lowest BCUT2D eigenvalue weighted by Crippen LogP contribution is -2.10. The summed E-state index contributed by atoms with van der Waals surface area (Å²) in [5.74, 6) is -9.69. The minimum Gasteiger partial charge on any atom is -0.477 e. The highest BCUT2D eigenvalue weighted by molar-refractivity contribution is 7.80. The van der Waals surface area contributed by atoms with Gasteiger partial charge in [0.05, 0.1) is 4.90 Å².